The number of nitrogens with two attached hydrogens (primary N) is 1. The van der Waals surface area contributed by atoms with Gasteiger partial charge in [-0.25, -0.2) is 13.2 Å². The van der Waals surface area contributed by atoms with Crippen LogP contribution in [-0.4, -0.2) is 4.37 Å². The van der Waals surface area contributed by atoms with E-state index in [0.717, 1.165) is 23.7 Å². The number of aromatic nitrogens is 1. The van der Waals surface area contributed by atoms with Crippen molar-refractivity contribution in [1.82, 2.24) is 4.37 Å². The molecule has 0 bridgehead atoms. The predicted molar refractivity (Wildman–Crippen MR) is 51.8 cm³/mol. The smallest absolute Gasteiger partial charge is 0.195 e. The largest absolute Gasteiger partial charge is 0.389 e. The normalized spacial score (nSPS) is 10.6. The van der Waals surface area contributed by atoms with E-state index in [1.165, 1.54) is 6.07 Å². The molecule has 2 rings (SSSR count). The van der Waals surface area contributed by atoms with Crippen LogP contribution in [0.5, 0.6) is 0 Å². The van der Waals surface area contributed by atoms with E-state index in [4.69, 9.17) is 5.73 Å². The second-order valence-corrected chi connectivity index (χ2v) is 3.67. The Kier molecular flexibility index (Phi) is 2.36. The number of hydrogen-bond donors (Lipinski definition) is 1. The van der Waals surface area contributed by atoms with Crippen molar-refractivity contribution in [3.63, 3.8) is 0 Å². The number of anilines is 1. The molecule has 0 unspecified atom stereocenters. The maximum Gasteiger partial charge on any atom is 0.195 e. The van der Waals surface area contributed by atoms with Gasteiger partial charge in [-0.05, 0) is 23.7 Å². The fraction of sp³-hybridized carbons (Fsp3) is 0. The van der Waals surface area contributed by atoms with Crippen molar-refractivity contribution in [3.8, 4) is 11.3 Å². The minimum atomic E-state index is -1.50. The van der Waals surface area contributed by atoms with Crippen molar-refractivity contribution >= 4 is 16.5 Å². The molecule has 2 aromatic rings. The summed E-state index contributed by atoms with van der Waals surface area (Å²) in [6, 6.07) is 3.38. The third-order valence-electron chi connectivity index (χ3n) is 1.84. The van der Waals surface area contributed by atoms with Gasteiger partial charge in [-0.15, -0.1) is 0 Å². The van der Waals surface area contributed by atoms with Gasteiger partial charge in [-0.2, -0.15) is 4.37 Å². The number of nitrogens with zero attached hydrogens (tertiary/aromatic N) is 1. The number of hydrogen-bond acceptors (Lipinski definition) is 3. The Balaban J connectivity index is 2.59. The van der Waals surface area contributed by atoms with E-state index >= 15 is 0 Å². The van der Waals surface area contributed by atoms with Crippen LogP contribution in [0.3, 0.4) is 0 Å². The molecular formula is C9H5F3N2S. The Morgan fingerprint density at radius 2 is 1.87 bits per heavy atom. The van der Waals surface area contributed by atoms with Crippen LogP contribution >= 0.6 is 11.5 Å². The molecule has 0 atom stereocenters. The highest BCUT2D eigenvalue weighted by Gasteiger charge is 2.16. The molecule has 0 amide bonds. The molecule has 1 aromatic carbocycles. The summed E-state index contributed by atoms with van der Waals surface area (Å²) in [5.41, 5.74) is 5.51. The molecule has 1 heterocycles. The summed E-state index contributed by atoms with van der Waals surface area (Å²) >= 11 is 0.963. The van der Waals surface area contributed by atoms with Crippen LogP contribution in [0.4, 0.5) is 18.2 Å². The molecule has 0 aliphatic carbocycles. The number of rotatable bonds is 1. The first-order chi connectivity index (χ1) is 7.09. The van der Waals surface area contributed by atoms with Gasteiger partial charge in [0.1, 0.15) is 5.00 Å². The Hall–Kier alpha value is -1.56. The fourth-order valence-corrected chi connectivity index (χ4v) is 1.66. The highest BCUT2D eigenvalue weighted by molar-refractivity contribution is 7.10. The summed E-state index contributed by atoms with van der Waals surface area (Å²) in [5.74, 6) is -3.97. The van der Waals surface area contributed by atoms with Crippen molar-refractivity contribution in [2.75, 3.05) is 5.73 Å². The van der Waals surface area contributed by atoms with E-state index < -0.39 is 17.5 Å². The molecule has 0 aliphatic heterocycles. The second kappa shape index (κ2) is 3.54. The van der Waals surface area contributed by atoms with Crippen LogP contribution in [0.2, 0.25) is 0 Å². The van der Waals surface area contributed by atoms with E-state index in [1.807, 2.05) is 0 Å². The topological polar surface area (TPSA) is 38.9 Å². The summed E-state index contributed by atoms with van der Waals surface area (Å²) in [7, 11) is 0. The zero-order chi connectivity index (χ0) is 11.0. The SMILES string of the molecule is Nc1cc(-c2ccc(F)c(F)c2F)ns1. The molecule has 1 aromatic heterocycles. The lowest BCUT2D eigenvalue weighted by Crippen LogP contribution is -1.93. The first kappa shape index (κ1) is 9.97. The van der Waals surface area contributed by atoms with Crippen molar-refractivity contribution in [3.05, 3.63) is 35.7 Å². The summed E-state index contributed by atoms with van der Waals surface area (Å²) < 4.78 is 42.6. The van der Waals surface area contributed by atoms with E-state index in [2.05, 4.69) is 4.37 Å². The maximum absolute atomic E-state index is 13.3. The van der Waals surface area contributed by atoms with Crippen molar-refractivity contribution in [1.29, 1.82) is 0 Å². The van der Waals surface area contributed by atoms with E-state index in [1.54, 1.807) is 0 Å². The average Bonchev–Trinajstić information content (AvgIpc) is 2.61. The molecular weight excluding hydrogens is 225 g/mol. The highest BCUT2D eigenvalue weighted by Crippen LogP contribution is 2.27. The third-order valence-corrected chi connectivity index (χ3v) is 2.46. The lowest BCUT2D eigenvalue weighted by Gasteiger charge is -2.00. The molecule has 6 heteroatoms. The summed E-state index contributed by atoms with van der Waals surface area (Å²) in [6.45, 7) is 0. The van der Waals surface area contributed by atoms with E-state index in [-0.39, 0.29) is 11.3 Å². The number of halogens is 3. The van der Waals surface area contributed by atoms with Gasteiger partial charge in [0, 0.05) is 11.6 Å². The van der Waals surface area contributed by atoms with Crippen molar-refractivity contribution in [2.24, 2.45) is 0 Å². The van der Waals surface area contributed by atoms with Crippen LogP contribution in [0.1, 0.15) is 0 Å². The first-order valence-electron chi connectivity index (χ1n) is 3.95. The first-order valence-corrected chi connectivity index (χ1v) is 4.73. The van der Waals surface area contributed by atoms with Crippen molar-refractivity contribution in [2.45, 2.75) is 0 Å². The number of benzene rings is 1. The zero-order valence-electron chi connectivity index (χ0n) is 7.30. The monoisotopic (exact) mass is 230 g/mol. The van der Waals surface area contributed by atoms with E-state index in [0.29, 0.717) is 5.00 Å². The van der Waals surface area contributed by atoms with Gasteiger partial charge in [0.05, 0.1) is 5.69 Å². The molecule has 0 radical (unpaired) electrons. The molecule has 0 spiro atoms. The Morgan fingerprint density at radius 3 is 2.47 bits per heavy atom. The van der Waals surface area contributed by atoms with Crippen LogP contribution in [0.15, 0.2) is 18.2 Å². The van der Waals surface area contributed by atoms with Gasteiger partial charge in [0.25, 0.3) is 0 Å². The minimum Gasteiger partial charge on any atom is -0.389 e. The molecule has 15 heavy (non-hydrogen) atoms. The summed E-state index contributed by atoms with van der Waals surface area (Å²) in [5, 5.41) is 0.383. The third kappa shape index (κ3) is 1.68. The van der Waals surface area contributed by atoms with E-state index in [9.17, 15) is 13.2 Å². The average molecular weight is 230 g/mol. The Labute approximate surface area is 87.3 Å². The summed E-state index contributed by atoms with van der Waals surface area (Å²) in [4.78, 5) is 0. The lowest BCUT2D eigenvalue weighted by molar-refractivity contribution is 0.449. The quantitative estimate of drug-likeness (QED) is 0.765. The molecule has 2 N–H and O–H groups in total. The van der Waals surface area contributed by atoms with Gasteiger partial charge >= 0.3 is 0 Å². The van der Waals surface area contributed by atoms with Gasteiger partial charge in [-0.3, -0.25) is 0 Å². The molecule has 0 fully saturated rings. The molecule has 78 valence electrons. The Morgan fingerprint density at radius 1 is 1.13 bits per heavy atom. The van der Waals surface area contributed by atoms with Gasteiger partial charge in [-0.1, -0.05) is 0 Å². The number of nitrogen functional groups attached to an aromatic ring is 1. The van der Waals surface area contributed by atoms with Crippen LogP contribution in [0, 0.1) is 17.5 Å². The van der Waals surface area contributed by atoms with Gasteiger partial charge < -0.3 is 5.73 Å². The molecule has 2 nitrogen and oxygen atoms in total. The molecule has 0 saturated heterocycles. The second-order valence-electron chi connectivity index (χ2n) is 2.84. The highest BCUT2D eigenvalue weighted by atomic mass is 32.1. The molecule has 0 aliphatic rings. The van der Waals surface area contributed by atoms with Crippen LogP contribution < -0.4 is 5.73 Å². The standard InChI is InChI=1S/C9H5F3N2S/c10-5-2-1-4(8(11)9(5)12)6-3-7(13)15-14-6/h1-3H,13H2. The van der Waals surface area contributed by atoms with Gasteiger partial charge in [0.2, 0.25) is 0 Å². The predicted octanol–water partition coefficient (Wildman–Crippen LogP) is 2.81. The summed E-state index contributed by atoms with van der Waals surface area (Å²) in [6.07, 6.45) is 0. The van der Waals surface area contributed by atoms with Crippen LogP contribution in [0.25, 0.3) is 11.3 Å². The lowest BCUT2D eigenvalue weighted by atomic mass is 10.1. The molecule has 0 saturated carbocycles. The van der Waals surface area contributed by atoms with Gasteiger partial charge in [0.15, 0.2) is 17.5 Å². The minimum absolute atomic E-state index is 0.0955. The Bertz CT molecular complexity index is 510. The maximum atomic E-state index is 13.3. The van der Waals surface area contributed by atoms with Crippen LogP contribution in [-0.2, 0) is 0 Å². The van der Waals surface area contributed by atoms with Crippen molar-refractivity contribution < 1.29 is 13.2 Å². The zero-order valence-corrected chi connectivity index (χ0v) is 8.12. The fourth-order valence-electron chi connectivity index (χ4n) is 1.14.